The summed E-state index contributed by atoms with van der Waals surface area (Å²) in [5.74, 6) is 0. The molecular formula is C3H13N2OP. The first-order chi connectivity index (χ1) is 3.33. The van der Waals surface area contributed by atoms with Crippen molar-refractivity contribution in [3.05, 3.63) is 0 Å². The van der Waals surface area contributed by atoms with Crippen molar-refractivity contribution in [3.8, 4) is 0 Å². The van der Waals surface area contributed by atoms with Crippen molar-refractivity contribution in [2.24, 2.45) is 11.5 Å². The van der Waals surface area contributed by atoms with E-state index in [0.29, 0.717) is 13.1 Å². The van der Waals surface area contributed by atoms with Gasteiger partial charge in [-0.25, -0.2) is 0 Å². The third-order valence-electron chi connectivity index (χ3n) is 0.167. The van der Waals surface area contributed by atoms with E-state index in [9.17, 15) is 0 Å². The highest BCUT2D eigenvalue weighted by Gasteiger charge is 1.54. The highest BCUT2D eigenvalue weighted by molar-refractivity contribution is 7.16. The molecule has 7 heavy (non-hydrogen) atoms. The molecule has 46 valence electrons. The van der Waals surface area contributed by atoms with Crippen LogP contribution in [-0.4, -0.2) is 24.5 Å². The molecule has 0 radical (unpaired) electrons. The zero-order valence-corrected chi connectivity index (χ0v) is 5.46. The molecule has 5 N–H and O–H groups in total. The first-order valence-corrected chi connectivity index (χ1v) is 2.86. The summed E-state index contributed by atoms with van der Waals surface area (Å²) in [7, 11) is 2.13. The van der Waals surface area contributed by atoms with Crippen LogP contribution in [0, 0.1) is 0 Å². The lowest BCUT2D eigenvalue weighted by Gasteiger charge is -1.72. The predicted molar refractivity (Wildman–Crippen MR) is 34.9 cm³/mol. The fourth-order valence-corrected chi connectivity index (χ4v) is 0. The van der Waals surface area contributed by atoms with Crippen LogP contribution in [0.4, 0.5) is 0 Å². The second-order valence-electron chi connectivity index (χ2n) is 0.760. The van der Waals surface area contributed by atoms with Crippen LogP contribution < -0.4 is 11.5 Å². The summed E-state index contributed by atoms with van der Waals surface area (Å²) in [6.45, 7) is 1.19. The zero-order chi connectivity index (χ0) is 6.12. The Hall–Kier alpha value is 0.310. The summed E-state index contributed by atoms with van der Waals surface area (Å²) in [6, 6.07) is 0. The summed E-state index contributed by atoms with van der Waals surface area (Å²) in [5, 5.41) is 7.53. The van der Waals surface area contributed by atoms with E-state index in [2.05, 4.69) is 9.24 Å². The van der Waals surface area contributed by atoms with Crippen LogP contribution in [0.2, 0.25) is 0 Å². The molecule has 0 heterocycles. The van der Waals surface area contributed by atoms with Gasteiger partial charge in [-0.05, 0) is 0 Å². The van der Waals surface area contributed by atoms with Gasteiger partial charge in [0.05, 0.1) is 6.35 Å². The smallest absolute Gasteiger partial charge is 0.0567 e. The lowest BCUT2D eigenvalue weighted by molar-refractivity contribution is 0.375. The Labute approximate surface area is 46.3 Å². The van der Waals surface area contributed by atoms with Crippen LogP contribution >= 0.6 is 9.24 Å². The summed E-state index contributed by atoms with van der Waals surface area (Å²) < 4.78 is 0. The normalized spacial score (nSPS) is 6.86. The quantitative estimate of drug-likeness (QED) is 0.381. The van der Waals surface area contributed by atoms with E-state index in [0.717, 1.165) is 0 Å². The van der Waals surface area contributed by atoms with Crippen molar-refractivity contribution in [1.82, 2.24) is 0 Å². The molecule has 0 aromatic rings. The lowest BCUT2D eigenvalue weighted by Crippen LogP contribution is -2.11. The molecule has 4 heteroatoms. The Bertz CT molecular complexity index is 20.4. The third-order valence-corrected chi connectivity index (χ3v) is 0.167. The molecule has 0 aliphatic heterocycles. The fourth-order valence-electron chi connectivity index (χ4n) is 0. The van der Waals surface area contributed by atoms with Crippen LogP contribution in [0.25, 0.3) is 0 Å². The first kappa shape index (κ1) is 10.3. The molecule has 1 atom stereocenters. The van der Waals surface area contributed by atoms with Crippen LogP contribution in [0.1, 0.15) is 0 Å². The van der Waals surface area contributed by atoms with Crippen molar-refractivity contribution in [3.63, 3.8) is 0 Å². The van der Waals surface area contributed by atoms with Crippen LogP contribution in [-0.2, 0) is 0 Å². The monoisotopic (exact) mass is 124 g/mol. The Balaban J connectivity index is 0. The third kappa shape index (κ3) is 68.3. The van der Waals surface area contributed by atoms with Crippen LogP contribution in [0.15, 0.2) is 0 Å². The van der Waals surface area contributed by atoms with E-state index in [4.69, 9.17) is 16.6 Å². The van der Waals surface area contributed by atoms with Gasteiger partial charge in [-0.15, -0.1) is 9.24 Å². The molecule has 0 aliphatic rings. The number of aliphatic hydroxyl groups excluding tert-OH is 1. The predicted octanol–water partition coefficient (Wildman–Crippen LogP) is -1.28. The highest BCUT2D eigenvalue weighted by Crippen LogP contribution is 1.63. The molecule has 3 nitrogen and oxygen atoms in total. The molecule has 0 aromatic heterocycles. The Kier molecular flexibility index (Phi) is 23.9. The lowest BCUT2D eigenvalue weighted by atomic mass is 10.7. The van der Waals surface area contributed by atoms with Gasteiger partial charge in [0.25, 0.3) is 0 Å². The number of rotatable bonds is 1. The fraction of sp³-hybridized carbons (Fsp3) is 1.00. The molecule has 0 fully saturated rings. The summed E-state index contributed by atoms with van der Waals surface area (Å²) in [6.07, 6.45) is 0.167. The number of hydrogen-bond donors (Lipinski definition) is 3. The molecule has 1 unspecified atom stereocenters. The minimum Gasteiger partial charge on any atom is -0.392 e. The summed E-state index contributed by atoms with van der Waals surface area (Å²) >= 11 is 0. The SMILES string of the molecule is NCCN.OCP. The van der Waals surface area contributed by atoms with Crippen molar-refractivity contribution in [2.75, 3.05) is 19.4 Å². The second kappa shape index (κ2) is 16.2. The van der Waals surface area contributed by atoms with Crippen molar-refractivity contribution in [1.29, 1.82) is 0 Å². The molecule has 0 bridgehead atoms. The van der Waals surface area contributed by atoms with Crippen LogP contribution in [0.5, 0.6) is 0 Å². The number of nitrogens with two attached hydrogens (primary N) is 2. The molecule has 0 saturated heterocycles. The van der Waals surface area contributed by atoms with Gasteiger partial charge in [0.15, 0.2) is 0 Å². The Morgan fingerprint density at radius 2 is 1.43 bits per heavy atom. The summed E-state index contributed by atoms with van der Waals surface area (Å²) in [4.78, 5) is 0. The van der Waals surface area contributed by atoms with Gasteiger partial charge < -0.3 is 16.6 Å². The maximum absolute atomic E-state index is 7.53. The topological polar surface area (TPSA) is 72.3 Å². The zero-order valence-electron chi connectivity index (χ0n) is 4.30. The van der Waals surface area contributed by atoms with Crippen LogP contribution in [0.3, 0.4) is 0 Å². The maximum Gasteiger partial charge on any atom is 0.0567 e. The van der Waals surface area contributed by atoms with Gasteiger partial charge in [0, 0.05) is 13.1 Å². The van der Waals surface area contributed by atoms with Crippen molar-refractivity contribution in [2.45, 2.75) is 0 Å². The molecule has 0 amide bonds. The van der Waals surface area contributed by atoms with E-state index in [1.807, 2.05) is 0 Å². The standard InChI is InChI=1S/C2H8N2.CH5OP/c3-1-2-4;2-1-3/h1-4H2;2H,1,3H2. The first-order valence-electron chi connectivity index (χ1n) is 2.04. The molecule has 0 spiro atoms. The highest BCUT2D eigenvalue weighted by atomic mass is 31.0. The molecule has 0 rings (SSSR count). The second-order valence-corrected chi connectivity index (χ2v) is 1.13. The van der Waals surface area contributed by atoms with E-state index < -0.39 is 0 Å². The summed E-state index contributed by atoms with van der Waals surface area (Å²) in [5.41, 5.74) is 9.81. The van der Waals surface area contributed by atoms with E-state index in [1.54, 1.807) is 0 Å². The maximum atomic E-state index is 7.53. The van der Waals surface area contributed by atoms with E-state index >= 15 is 0 Å². The minimum absolute atomic E-state index is 0.167. The van der Waals surface area contributed by atoms with Gasteiger partial charge in [-0.2, -0.15) is 0 Å². The molecule has 0 saturated carbocycles. The van der Waals surface area contributed by atoms with Crippen molar-refractivity contribution >= 4 is 9.24 Å². The Morgan fingerprint density at radius 1 is 1.29 bits per heavy atom. The average molecular weight is 124 g/mol. The minimum atomic E-state index is 0.167. The number of hydrogen-bond acceptors (Lipinski definition) is 3. The molecular weight excluding hydrogens is 111 g/mol. The Morgan fingerprint density at radius 3 is 1.43 bits per heavy atom. The van der Waals surface area contributed by atoms with Gasteiger partial charge >= 0.3 is 0 Å². The van der Waals surface area contributed by atoms with Crippen molar-refractivity contribution < 1.29 is 5.11 Å². The van der Waals surface area contributed by atoms with Gasteiger partial charge in [-0.3, -0.25) is 0 Å². The van der Waals surface area contributed by atoms with Gasteiger partial charge in [-0.1, -0.05) is 0 Å². The number of aliphatic hydroxyl groups is 1. The largest absolute Gasteiger partial charge is 0.392 e. The molecule has 0 aliphatic carbocycles. The van der Waals surface area contributed by atoms with Gasteiger partial charge in [0.2, 0.25) is 0 Å². The van der Waals surface area contributed by atoms with E-state index in [-0.39, 0.29) is 6.35 Å². The van der Waals surface area contributed by atoms with Gasteiger partial charge in [0.1, 0.15) is 0 Å². The molecule has 0 aromatic carbocycles. The van der Waals surface area contributed by atoms with E-state index in [1.165, 1.54) is 0 Å². The average Bonchev–Trinajstić information content (AvgIpc) is 1.69.